The summed E-state index contributed by atoms with van der Waals surface area (Å²) in [6.45, 7) is 8.61. The Bertz CT molecular complexity index is 1300. The van der Waals surface area contributed by atoms with Crippen molar-refractivity contribution in [2.24, 2.45) is 11.8 Å². The Balaban J connectivity index is 1.44. The Morgan fingerprint density at radius 2 is 1.16 bits per heavy atom. The first-order valence-electron chi connectivity index (χ1n) is 15.0. The molecular weight excluding hydrogens is 568 g/mol. The summed E-state index contributed by atoms with van der Waals surface area (Å²) in [6.07, 6.45) is 5.08. The van der Waals surface area contributed by atoms with Crippen LogP contribution in [0.25, 0.3) is 0 Å². The second-order valence-electron chi connectivity index (χ2n) is 11.7. The van der Waals surface area contributed by atoms with E-state index in [-0.39, 0.29) is 35.7 Å². The van der Waals surface area contributed by atoms with Crippen molar-refractivity contribution in [3.8, 4) is 11.8 Å². The molecule has 2 fully saturated rings. The van der Waals surface area contributed by atoms with Crippen LogP contribution in [-0.2, 0) is 19.1 Å². The number of hydrogen-bond donors (Lipinski definition) is 4. The lowest BCUT2D eigenvalue weighted by Crippen LogP contribution is -2.51. The normalized spacial score (nSPS) is 19.4. The standard InChI is InChI=1S/C30H42N8O6/c1-17(2)23(35-29(41)43-5)27(39)37-13-7-9-21(37)25-31-15-19(33-25)11-12-20-16-32-26(34-20)22-10-8-14-38(22)28(40)24(18(3)4)36-30(42)44-6/h15-18,21-24H,7-10,13-14H2,1-6H3,(H,31,33)(H,32,34)(H,35,41)(H,36,42)/t21-,22-,23-,24-/m0/s1. The first-order chi connectivity index (χ1) is 21.0. The van der Waals surface area contributed by atoms with Gasteiger partial charge in [0.05, 0.1) is 38.7 Å². The summed E-state index contributed by atoms with van der Waals surface area (Å²) in [6, 6.07) is -1.94. The molecule has 0 radical (unpaired) electrons. The summed E-state index contributed by atoms with van der Waals surface area (Å²) in [7, 11) is 2.54. The van der Waals surface area contributed by atoms with Crippen LogP contribution in [0.4, 0.5) is 9.59 Å². The van der Waals surface area contributed by atoms with Crippen molar-refractivity contribution in [3.63, 3.8) is 0 Å². The maximum absolute atomic E-state index is 13.4. The highest BCUT2D eigenvalue weighted by Crippen LogP contribution is 2.32. The predicted octanol–water partition coefficient (Wildman–Crippen LogP) is 2.62. The number of amides is 4. The molecule has 4 rings (SSSR count). The molecule has 0 bridgehead atoms. The minimum Gasteiger partial charge on any atom is -0.453 e. The maximum atomic E-state index is 13.4. The summed E-state index contributed by atoms with van der Waals surface area (Å²) < 4.78 is 9.41. The van der Waals surface area contributed by atoms with Crippen LogP contribution < -0.4 is 10.6 Å². The number of methoxy groups -OCH3 is 2. The number of likely N-dealkylation sites (tertiary alicyclic amines) is 2. The number of hydrogen-bond acceptors (Lipinski definition) is 8. The Morgan fingerprint density at radius 1 is 0.773 bits per heavy atom. The monoisotopic (exact) mass is 610 g/mol. The van der Waals surface area contributed by atoms with Gasteiger partial charge in [-0.2, -0.15) is 0 Å². The second-order valence-corrected chi connectivity index (χ2v) is 11.7. The van der Waals surface area contributed by atoms with E-state index in [9.17, 15) is 19.2 Å². The summed E-state index contributed by atoms with van der Waals surface area (Å²) in [5.41, 5.74) is 1.16. The minimum atomic E-state index is -0.710. The van der Waals surface area contributed by atoms with Crippen molar-refractivity contribution in [1.82, 2.24) is 40.4 Å². The molecule has 44 heavy (non-hydrogen) atoms. The van der Waals surface area contributed by atoms with Crippen LogP contribution in [0.3, 0.4) is 0 Å². The van der Waals surface area contributed by atoms with Crippen molar-refractivity contribution in [1.29, 1.82) is 0 Å². The molecule has 0 spiro atoms. The molecule has 4 N–H and O–H groups in total. The first kappa shape index (κ1) is 32.4. The number of ether oxygens (including phenoxy) is 2. The zero-order valence-electron chi connectivity index (χ0n) is 26.1. The van der Waals surface area contributed by atoms with Crippen molar-refractivity contribution in [2.45, 2.75) is 77.5 Å². The van der Waals surface area contributed by atoms with Gasteiger partial charge in [0.15, 0.2) is 0 Å². The van der Waals surface area contributed by atoms with Crippen LogP contribution in [-0.4, -0.2) is 93.1 Å². The van der Waals surface area contributed by atoms with E-state index in [1.165, 1.54) is 14.2 Å². The summed E-state index contributed by atoms with van der Waals surface area (Å²) >= 11 is 0. The molecular formula is C30H42N8O6. The fourth-order valence-corrected chi connectivity index (χ4v) is 5.66. The van der Waals surface area contributed by atoms with Gasteiger partial charge in [-0.3, -0.25) is 9.59 Å². The quantitative estimate of drug-likeness (QED) is 0.330. The third kappa shape index (κ3) is 7.32. The molecule has 2 aliphatic rings. The zero-order valence-corrected chi connectivity index (χ0v) is 26.1. The molecule has 0 aromatic carbocycles. The fourth-order valence-electron chi connectivity index (χ4n) is 5.66. The average Bonchev–Trinajstić information content (AvgIpc) is 3.82. The molecule has 4 amide bonds. The molecule has 2 aromatic heterocycles. The lowest BCUT2D eigenvalue weighted by Gasteiger charge is -2.29. The van der Waals surface area contributed by atoms with Gasteiger partial charge in [-0.15, -0.1) is 0 Å². The van der Waals surface area contributed by atoms with Crippen LogP contribution >= 0.6 is 0 Å². The van der Waals surface area contributed by atoms with Gasteiger partial charge in [0.2, 0.25) is 11.8 Å². The van der Waals surface area contributed by atoms with E-state index in [0.717, 1.165) is 25.7 Å². The number of carbonyl (C=O) groups excluding carboxylic acids is 4. The molecule has 0 aliphatic carbocycles. The van der Waals surface area contributed by atoms with Gasteiger partial charge in [0.25, 0.3) is 0 Å². The predicted molar refractivity (Wildman–Crippen MR) is 159 cm³/mol. The summed E-state index contributed by atoms with van der Waals surface area (Å²) in [4.78, 5) is 69.4. The summed E-state index contributed by atoms with van der Waals surface area (Å²) in [5.74, 6) is 6.79. The van der Waals surface area contributed by atoms with Crippen molar-refractivity contribution in [2.75, 3.05) is 27.3 Å². The molecule has 2 saturated heterocycles. The van der Waals surface area contributed by atoms with Gasteiger partial charge in [0.1, 0.15) is 35.1 Å². The number of nitrogens with zero attached hydrogens (tertiary/aromatic N) is 4. The molecule has 2 aromatic rings. The third-order valence-electron chi connectivity index (χ3n) is 8.01. The van der Waals surface area contributed by atoms with Gasteiger partial charge in [-0.05, 0) is 49.4 Å². The Kier molecular flexibility index (Phi) is 10.5. The summed E-state index contributed by atoms with van der Waals surface area (Å²) in [5, 5.41) is 5.30. The van der Waals surface area contributed by atoms with Crippen molar-refractivity contribution >= 4 is 24.0 Å². The van der Waals surface area contributed by atoms with E-state index in [1.807, 2.05) is 27.7 Å². The number of imidazole rings is 2. The largest absolute Gasteiger partial charge is 0.453 e. The minimum absolute atomic E-state index is 0.122. The molecule has 0 unspecified atom stereocenters. The highest BCUT2D eigenvalue weighted by Gasteiger charge is 2.38. The van der Waals surface area contributed by atoms with E-state index in [1.54, 1.807) is 22.2 Å². The molecule has 14 nitrogen and oxygen atoms in total. The van der Waals surface area contributed by atoms with Crippen molar-refractivity contribution in [3.05, 3.63) is 35.4 Å². The lowest BCUT2D eigenvalue weighted by atomic mass is 10.0. The molecule has 4 atom stereocenters. The van der Waals surface area contributed by atoms with Crippen LogP contribution in [0.1, 0.15) is 88.5 Å². The number of H-pyrrole nitrogens is 2. The topological polar surface area (TPSA) is 175 Å². The van der Waals surface area contributed by atoms with Crippen LogP contribution in [0, 0.1) is 23.7 Å². The van der Waals surface area contributed by atoms with Crippen LogP contribution in [0.15, 0.2) is 12.4 Å². The van der Waals surface area contributed by atoms with Crippen LogP contribution in [0.5, 0.6) is 0 Å². The molecule has 238 valence electrons. The van der Waals surface area contributed by atoms with Gasteiger partial charge >= 0.3 is 12.2 Å². The van der Waals surface area contributed by atoms with Crippen LogP contribution in [0.2, 0.25) is 0 Å². The van der Waals surface area contributed by atoms with Gasteiger partial charge in [0, 0.05) is 13.1 Å². The van der Waals surface area contributed by atoms with Gasteiger partial charge < -0.3 is 39.9 Å². The number of carbonyl (C=O) groups is 4. The highest BCUT2D eigenvalue weighted by atomic mass is 16.5. The van der Waals surface area contributed by atoms with E-state index in [2.05, 4.69) is 42.4 Å². The SMILES string of the molecule is COC(=O)N[C@H](C(=O)N1CCC[C@H]1c1ncc(C#Cc2cnc([C@@H]3CCCN3C(=O)[C@@H](NC(=O)OC)C(C)C)[nH]2)[nH]1)C(C)C. The van der Waals surface area contributed by atoms with E-state index < -0.39 is 24.3 Å². The number of aromatic amines is 2. The highest BCUT2D eigenvalue weighted by molar-refractivity contribution is 5.87. The Labute approximate surface area is 257 Å². The van der Waals surface area contributed by atoms with E-state index in [4.69, 9.17) is 9.47 Å². The molecule has 2 aliphatic heterocycles. The van der Waals surface area contributed by atoms with Gasteiger partial charge in [-0.25, -0.2) is 19.6 Å². The first-order valence-corrected chi connectivity index (χ1v) is 15.0. The Morgan fingerprint density at radius 3 is 1.50 bits per heavy atom. The van der Waals surface area contributed by atoms with Crippen molar-refractivity contribution < 1.29 is 28.7 Å². The fraction of sp³-hybridized carbons (Fsp3) is 0.600. The van der Waals surface area contributed by atoms with Gasteiger partial charge in [-0.1, -0.05) is 27.7 Å². The molecule has 4 heterocycles. The van der Waals surface area contributed by atoms with E-state index in [0.29, 0.717) is 36.1 Å². The number of nitrogens with one attached hydrogen (secondary N) is 4. The zero-order chi connectivity index (χ0) is 32.0. The maximum Gasteiger partial charge on any atom is 0.407 e. The number of rotatable bonds is 8. The second kappa shape index (κ2) is 14.3. The number of aromatic nitrogens is 4. The lowest BCUT2D eigenvalue weighted by molar-refractivity contribution is -0.136. The smallest absolute Gasteiger partial charge is 0.407 e. The third-order valence-corrected chi connectivity index (χ3v) is 8.01. The molecule has 0 saturated carbocycles. The Hall–Kier alpha value is -4.54. The molecule has 14 heteroatoms. The average molecular weight is 611 g/mol. The number of alkyl carbamates (subject to hydrolysis) is 2. The van der Waals surface area contributed by atoms with E-state index >= 15 is 0 Å².